The summed E-state index contributed by atoms with van der Waals surface area (Å²) in [6.45, 7) is 6.09. The van der Waals surface area contributed by atoms with Gasteiger partial charge in [-0.2, -0.15) is 0 Å². The van der Waals surface area contributed by atoms with Crippen molar-refractivity contribution in [2.45, 2.75) is 45.2 Å². The Bertz CT molecular complexity index is 904. The van der Waals surface area contributed by atoms with Crippen LogP contribution in [0.1, 0.15) is 36.7 Å². The smallest absolute Gasteiger partial charge is 0.256 e. The minimum Gasteiger partial charge on any atom is -0.325 e. The number of hydrogen-bond acceptors (Lipinski definition) is 5. The third-order valence-corrected chi connectivity index (χ3v) is 4.98. The Balaban J connectivity index is 1.59. The van der Waals surface area contributed by atoms with Gasteiger partial charge in [0.15, 0.2) is 5.16 Å². The maximum atomic E-state index is 12.2. The van der Waals surface area contributed by atoms with E-state index in [4.69, 9.17) is 0 Å². The number of unbranched alkanes of at least 4 members (excludes halogenated alkanes) is 1. The summed E-state index contributed by atoms with van der Waals surface area (Å²) < 4.78 is 1.87. The van der Waals surface area contributed by atoms with Crippen molar-refractivity contribution in [3.63, 3.8) is 0 Å². The fraction of sp³-hybridized carbons (Fsp3) is 0.368. The van der Waals surface area contributed by atoms with Gasteiger partial charge in [0.25, 0.3) is 5.78 Å². The number of anilines is 1. The molecule has 0 saturated heterocycles. The second kappa shape index (κ2) is 8.31. The van der Waals surface area contributed by atoms with Gasteiger partial charge in [0.2, 0.25) is 5.91 Å². The standard InChI is InChI=1S/C19H23N5OS/c1-4-5-6-15-7-9-16(10-8-15)21-17(25)12-26-19-23-22-18-20-13(2)11-14(3)24(18)19/h7-11H,4-6,12H2,1-3H3,(H,21,25). The first-order valence-corrected chi connectivity index (χ1v) is 9.76. The zero-order valence-electron chi connectivity index (χ0n) is 15.3. The molecule has 1 N–H and O–H groups in total. The molecule has 2 aromatic heterocycles. The van der Waals surface area contributed by atoms with Gasteiger partial charge in [0, 0.05) is 17.1 Å². The molecular weight excluding hydrogens is 346 g/mol. The van der Waals surface area contributed by atoms with Gasteiger partial charge in [-0.25, -0.2) is 4.98 Å². The number of amides is 1. The molecule has 0 saturated carbocycles. The van der Waals surface area contributed by atoms with E-state index in [0.717, 1.165) is 23.5 Å². The molecule has 3 rings (SSSR count). The fourth-order valence-corrected chi connectivity index (χ4v) is 3.54. The van der Waals surface area contributed by atoms with E-state index >= 15 is 0 Å². The first-order chi connectivity index (χ1) is 12.6. The molecule has 0 aliphatic carbocycles. The number of aromatic nitrogens is 4. The number of fused-ring (bicyclic) bond motifs is 1. The van der Waals surface area contributed by atoms with Crippen LogP contribution in [-0.4, -0.2) is 31.2 Å². The summed E-state index contributed by atoms with van der Waals surface area (Å²) >= 11 is 1.36. The lowest BCUT2D eigenvalue weighted by atomic mass is 10.1. The highest BCUT2D eigenvalue weighted by Gasteiger charge is 2.12. The van der Waals surface area contributed by atoms with Crippen LogP contribution in [0.3, 0.4) is 0 Å². The Hall–Kier alpha value is -2.41. The van der Waals surface area contributed by atoms with E-state index in [1.807, 2.05) is 36.4 Å². The molecule has 0 bridgehead atoms. The summed E-state index contributed by atoms with van der Waals surface area (Å²) in [6.07, 6.45) is 3.44. The van der Waals surface area contributed by atoms with Crippen molar-refractivity contribution in [1.82, 2.24) is 19.6 Å². The molecule has 1 aromatic carbocycles. The highest BCUT2D eigenvalue weighted by atomic mass is 32.2. The van der Waals surface area contributed by atoms with Crippen LogP contribution in [0, 0.1) is 13.8 Å². The highest BCUT2D eigenvalue weighted by molar-refractivity contribution is 7.99. The van der Waals surface area contributed by atoms with Crippen molar-refractivity contribution >= 4 is 29.1 Å². The molecule has 1 amide bonds. The van der Waals surface area contributed by atoms with Gasteiger partial charge >= 0.3 is 0 Å². The Morgan fingerprint density at radius 2 is 1.96 bits per heavy atom. The lowest BCUT2D eigenvalue weighted by molar-refractivity contribution is -0.113. The minimum absolute atomic E-state index is 0.0641. The summed E-state index contributed by atoms with van der Waals surface area (Å²) in [7, 11) is 0. The average molecular weight is 369 g/mol. The molecule has 136 valence electrons. The van der Waals surface area contributed by atoms with Crippen molar-refractivity contribution in [1.29, 1.82) is 0 Å². The van der Waals surface area contributed by atoms with Crippen molar-refractivity contribution < 1.29 is 4.79 Å². The monoisotopic (exact) mass is 369 g/mol. The van der Waals surface area contributed by atoms with Gasteiger partial charge in [-0.05, 0) is 50.5 Å². The van der Waals surface area contributed by atoms with Gasteiger partial charge in [-0.15, -0.1) is 10.2 Å². The highest BCUT2D eigenvalue weighted by Crippen LogP contribution is 2.19. The number of hydrogen-bond donors (Lipinski definition) is 1. The summed E-state index contributed by atoms with van der Waals surface area (Å²) in [5, 5.41) is 11.8. The summed E-state index contributed by atoms with van der Waals surface area (Å²) in [6, 6.07) is 10.0. The Morgan fingerprint density at radius 3 is 2.69 bits per heavy atom. The van der Waals surface area contributed by atoms with Crippen LogP contribution in [0.4, 0.5) is 5.69 Å². The predicted octanol–water partition coefficient (Wildman–Crippen LogP) is 3.81. The van der Waals surface area contributed by atoms with E-state index in [9.17, 15) is 4.79 Å². The molecule has 6 nitrogen and oxygen atoms in total. The Kier molecular flexibility index (Phi) is 5.88. The van der Waals surface area contributed by atoms with Crippen LogP contribution in [0.5, 0.6) is 0 Å². The number of rotatable bonds is 7. The van der Waals surface area contributed by atoms with Crippen LogP contribution in [-0.2, 0) is 11.2 Å². The molecule has 2 heterocycles. The van der Waals surface area contributed by atoms with Crippen LogP contribution in [0.2, 0.25) is 0 Å². The number of carbonyl (C=O) groups excluding carboxylic acids is 1. The molecule has 0 fully saturated rings. The molecule has 0 aliphatic rings. The molecule has 3 aromatic rings. The molecule has 0 radical (unpaired) electrons. The number of nitrogens with one attached hydrogen (secondary N) is 1. The topological polar surface area (TPSA) is 72.2 Å². The van der Waals surface area contributed by atoms with Crippen LogP contribution >= 0.6 is 11.8 Å². The SMILES string of the molecule is CCCCc1ccc(NC(=O)CSc2nnc3nc(C)cc(C)n23)cc1. The van der Waals surface area contributed by atoms with Gasteiger partial charge in [0.1, 0.15) is 0 Å². The molecule has 0 spiro atoms. The second-order valence-corrected chi connectivity index (χ2v) is 7.24. The molecular formula is C19H23N5OS. The number of benzene rings is 1. The Labute approximate surface area is 157 Å². The van der Waals surface area contributed by atoms with Crippen molar-refractivity contribution in [3.05, 3.63) is 47.3 Å². The van der Waals surface area contributed by atoms with E-state index in [0.29, 0.717) is 10.9 Å². The van der Waals surface area contributed by atoms with E-state index in [2.05, 4.69) is 39.6 Å². The quantitative estimate of drug-likeness (QED) is 0.641. The number of thioether (sulfide) groups is 1. The van der Waals surface area contributed by atoms with Crippen molar-refractivity contribution in [2.75, 3.05) is 11.1 Å². The first-order valence-electron chi connectivity index (χ1n) is 8.78. The lowest BCUT2D eigenvalue weighted by Gasteiger charge is -2.07. The molecule has 26 heavy (non-hydrogen) atoms. The first kappa shape index (κ1) is 18.4. The fourth-order valence-electron chi connectivity index (χ4n) is 2.76. The molecule has 7 heteroatoms. The van der Waals surface area contributed by atoms with E-state index in [-0.39, 0.29) is 11.7 Å². The van der Waals surface area contributed by atoms with Gasteiger partial charge < -0.3 is 5.32 Å². The van der Waals surface area contributed by atoms with Crippen LogP contribution in [0.15, 0.2) is 35.5 Å². The van der Waals surface area contributed by atoms with Crippen LogP contribution < -0.4 is 5.32 Å². The maximum Gasteiger partial charge on any atom is 0.256 e. The zero-order valence-corrected chi connectivity index (χ0v) is 16.1. The van der Waals surface area contributed by atoms with Gasteiger partial charge in [0.05, 0.1) is 5.75 Å². The lowest BCUT2D eigenvalue weighted by Crippen LogP contribution is -2.14. The average Bonchev–Trinajstić information content (AvgIpc) is 3.02. The van der Waals surface area contributed by atoms with E-state index < -0.39 is 0 Å². The molecule has 0 unspecified atom stereocenters. The summed E-state index contributed by atoms with van der Waals surface area (Å²) in [5.74, 6) is 0.768. The van der Waals surface area contributed by atoms with Crippen LogP contribution in [0.25, 0.3) is 5.78 Å². The van der Waals surface area contributed by atoms with Crippen molar-refractivity contribution in [3.8, 4) is 0 Å². The molecule has 0 atom stereocenters. The number of nitrogens with zero attached hydrogens (tertiary/aromatic N) is 4. The normalized spacial score (nSPS) is 11.0. The molecule has 0 aliphatic heterocycles. The number of carbonyl (C=O) groups is 1. The largest absolute Gasteiger partial charge is 0.325 e. The van der Waals surface area contributed by atoms with E-state index in [1.165, 1.54) is 30.2 Å². The Morgan fingerprint density at radius 1 is 1.19 bits per heavy atom. The summed E-state index contributed by atoms with van der Waals surface area (Å²) in [4.78, 5) is 16.6. The number of aryl methyl sites for hydroxylation is 3. The summed E-state index contributed by atoms with van der Waals surface area (Å²) in [5.41, 5.74) is 4.02. The van der Waals surface area contributed by atoms with E-state index in [1.54, 1.807) is 0 Å². The van der Waals surface area contributed by atoms with Gasteiger partial charge in [-0.1, -0.05) is 37.2 Å². The van der Waals surface area contributed by atoms with Crippen molar-refractivity contribution in [2.24, 2.45) is 0 Å². The third kappa shape index (κ3) is 4.40. The second-order valence-electron chi connectivity index (χ2n) is 6.29. The predicted molar refractivity (Wildman–Crippen MR) is 105 cm³/mol. The minimum atomic E-state index is -0.0641. The zero-order chi connectivity index (χ0) is 18.5. The maximum absolute atomic E-state index is 12.2. The van der Waals surface area contributed by atoms with Gasteiger partial charge in [-0.3, -0.25) is 9.20 Å². The third-order valence-electron chi connectivity index (χ3n) is 4.05.